The molecular weight excluding hydrogens is 340 g/mol. The molecule has 3 heterocycles. The zero-order valence-corrected chi connectivity index (χ0v) is 15.7. The van der Waals surface area contributed by atoms with Gasteiger partial charge >= 0.3 is 0 Å². The van der Waals surface area contributed by atoms with Crippen molar-refractivity contribution in [3.8, 4) is 6.07 Å². The van der Waals surface area contributed by atoms with Crippen LogP contribution in [0, 0.1) is 25.2 Å². The molecule has 0 radical (unpaired) electrons. The minimum atomic E-state index is -0.396. The van der Waals surface area contributed by atoms with Crippen molar-refractivity contribution in [2.75, 3.05) is 6.61 Å². The van der Waals surface area contributed by atoms with Gasteiger partial charge in [-0.1, -0.05) is 6.07 Å². The van der Waals surface area contributed by atoms with E-state index in [1.54, 1.807) is 12.3 Å². The lowest BCUT2D eigenvalue weighted by Gasteiger charge is -2.14. The van der Waals surface area contributed by atoms with Gasteiger partial charge in [0.1, 0.15) is 11.6 Å². The zero-order chi connectivity index (χ0) is 19.2. The third-order valence-electron chi connectivity index (χ3n) is 4.84. The largest absolute Gasteiger partial charge is 0.376 e. The number of pyridine rings is 1. The highest BCUT2D eigenvalue weighted by atomic mass is 16.5. The van der Waals surface area contributed by atoms with Crippen LogP contribution < -0.4 is 5.32 Å². The van der Waals surface area contributed by atoms with E-state index in [0.29, 0.717) is 0 Å². The van der Waals surface area contributed by atoms with Gasteiger partial charge in [-0.25, -0.2) is 0 Å². The molecule has 1 saturated heterocycles. The van der Waals surface area contributed by atoms with Crippen LogP contribution in [0.2, 0.25) is 0 Å². The highest BCUT2D eigenvalue weighted by Gasteiger charge is 2.19. The number of nitrogens with zero attached hydrogens (tertiary/aromatic N) is 3. The SMILES string of the molecule is Cc1cc(/C=C(\C#N)C(=O)NCc2ccccn2)c(C)n1CC1CCCO1. The van der Waals surface area contributed by atoms with Gasteiger partial charge in [-0.15, -0.1) is 0 Å². The van der Waals surface area contributed by atoms with Crippen LogP contribution in [0.25, 0.3) is 6.08 Å². The molecule has 6 heteroatoms. The molecule has 1 N–H and O–H groups in total. The number of rotatable bonds is 6. The van der Waals surface area contributed by atoms with Crippen molar-refractivity contribution < 1.29 is 9.53 Å². The summed E-state index contributed by atoms with van der Waals surface area (Å²) < 4.78 is 7.93. The highest BCUT2D eigenvalue weighted by molar-refractivity contribution is 6.01. The third-order valence-corrected chi connectivity index (χ3v) is 4.84. The van der Waals surface area contributed by atoms with Gasteiger partial charge in [0.05, 0.1) is 18.3 Å². The number of ether oxygens (including phenoxy) is 1. The van der Waals surface area contributed by atoms with Crippen LogP contribution in [0.15, 0.2) is 36.0 Å². The second-order valence-corrected chi connectivity index (χ2v) is 6.75. The molecule has 0 aromatic carbocycles. The van der Waals surface area contributed by atoms with E-state index >= 15 is 0 Å². The minimum Gasteiger partial charge on any atom is -0.376 e. The van der Waals surface area contributed by atoms with Crippen molar-refractivity contribution in [3.05, 3.63) is 58.7 Å². The average Bonchev–Trinajstić information content (AvgIpc) is 3.29. The fourth-order valence-corrected chi connectivity index (χ4v) is 3.32. The predicted octanol–water partition coefficient (Wildman–Crippen LogP) is 2.90. The first-order valence-electron chi connectivity index (χ1n) is 9.16. The maximum absolute atomic E-state index is 12.4. The summed E-state index contributed by atoms with van der Waals surface area (Å²) in [5.41, 5.74) is 3.85. The van der Waals surface area contributed by atoms with Crippen molar-refractivity contribution >= 4 is 12.0 Å². The maximum atomic E-state index is 12.4. The van der Waals surface area contributed by atoms with E-state index in [2.05, 4.69) is 14.9 Å². The van der Waals surface area contributed by atoms with E-state index in [4.69, 9.17) is 4.74 Å². The van der Waals surface area contributed by atoms with Gasteiger partial charge in [-0.05, 0) is 56.5 Å². The first-order chi connectivity index (χ1) is 13.1. The van der Waals surface area contributed by atoms with Crippen molar-refractivity contribution in [1.29, 1.82) is 5.26 Å². The summed E-state index contributed by atoms with van der Waals surface area (Å²) in [6.07, 6.45) is 5.74. The van der Waals surface area contributed by atoms with Crippen molar-refractivity contribution in [2.24, 2.45) is 0 Å². The molecule has 0 bridgehead atoms. The maximum Gasteiger partial charge on any atom is 0.262 e. The normalized spacial score (nSPS) is 16.9. The molecule has 2 aromatic heterocycles. The van der Waals surface area contributed by atoms with E-state index in [-0.39, 0.29) is 18.2 Å². The van der Waals surface area contributed by atoms with Crippen LogP contribution in [0.1, 0.15) is 35.5 Å². The van der Waals surface area contributed by atoms with E-state index < -0.39 is 5.91 Å². The van der Waals surface area contributed by atoms with E-state index in [9.17, 15) is 10.1 Å². The molecule has 27 heavy (non-hydrogen) atoms. The number of aromatic nitrogens is 2. The summed E-state index contributed by atoms with van der Waals surface area (Å²) in [4.78, 5) is 16.5. The number of nitrogens with one attached hydrogen (secondary N) is 1. The Balaban J connectivity index is 1.73. The Labute approximate surface area is 159 Å². The second kappa shape index (κ2) is 8.65. The molecule has 0 saturated carbocycles. The van der Waals surface area contributed by atoms with E-state index in [1.165, 1.54) is 0 Å². The quantitative estimate of drug-likeness (QED) is 0.631. The number of carbonyl (C=O) groups excluding carboxylic acids is 1. The smallest absolute Gasteiger partial charge is 0.262 e. The standard InChI is InChI=1S/C21H24N4O2/c1-15-10-17(16(2)25(15)14-20-7-5-9-27-20)11-18(12-22)21(26)24-13-19-6-3-4-8-23-19/h3-4,6,8,10-11,20H,5,7,9,13-14H2,1-2H3,(H,24,26)/b18-11+. The summed E-state index contributed by atoms with van der Waals surface area (Å²) in [5.74, 6) is -0.396. The van der Waals surface area contributed by atoms with Gasteiger partial charge in [0.25, 0.3) is 5.91 Å². The summed E-state index contributed by atoms with van der Waals surface area (Å²) in [6, 6.07) is 9.52. The Hall–Kier alpha value is -2.91. The number of hydrogen-bond acceptors (Lipinski definition) is 4. The van der Waals surface area contributed by atoms with Gasteiger partial charge in [-0.3, -0.25) is 9.78 Å². The molecule has 6 nitrogen and oxygen atoms in total. The monoisotopic (exact) mass is 364 g/mol. The molecule has 1 aliphatic heterocycles. The fourth-order valence-electron chi connectivity index (χ4n) is 3.32. The van der Waals surface area contributed by atoms with Crippen LogP contribution in [0.3, 0.4) is 0 Å². The molecule has 1 unspecified atom stereocenters. The van der Waals surface area contributed by atoms with Crippen LogP contribution in [0.5, 0.6) is 0 Å². The molecule has 140 valence electrons. The van der Waals surface area contributed by atoms with Crippen molar-refractivity contribution in [2.45, 2.75) is 45.9 Å². The second-order valence-electron chi connectivity index (χ2n) is 6.75. The summed E-state index contributed by atoms with van der Waals surface area (Å²) in [5, 5.41) is 12.2. The highest BCUT2D eigenvalue weighted by Crippen LogP contribution is 2.22. The number of carbonyl (C=O) groups is 1. The summed E-state index contributed by atoms with van der Waals surface area (Å²) in [7, 11) is 0. The molecular formula is C21H24N4O2. The fraction of sp³-hybridized carbons (Fsp3) is 0.381. The lowest BCUT2D eigenvalue weighted by molar-refractivity contribution is -0.117. The molecule has 1 amide bonds. The third kappa shape index (κ3) is 4.63. The van der Waals surface area contributed by atoms with Gasteiger partial charge < -0.3 is 14.6 Å². The average molecular weight is 364 g/mol. The van der Waals surface area contributed by atoms with Crippen molar-refractivity contribution in [1.82, 2.24) is 14.9 Å². The number of nitriles is 1. The lowest BCUT2D eigenvalue weighted by Crippen LogP contribution is -2.24. The van der Waals surface area contributed by atoms with E-state index in [0.717, 1.165) is 48.6 Å². The molecule has 2 aromatic rings. The summed E-state index contributed by atoms with van der Waals surface area (Å²) in [6.45, 7) is 5.96. The van der Waals surface area contributed by atoms with Crippen LogP contribution in [-0.2, 0) is 22.6 Å². The van der Waals surface area contributed by atoms with Gasteiger partial charge in [0.15, 0.2) is 0 Å². The van der Waals surface area contributed by atoms with E-state index in [1.807, 2.05) is 44.2 Å². The first kappa shape index (κ1) is 18.9. The molecule has 3 rings (SSSR count). The minimum absolute atomic E-state index is 0.0864. The molecule has 1 atom stereocenters. The predicted molar refractivity (Wildman–Crippen MR) is 103 cm³/mol. The van der Waals surface area contributed by atoms with Crippen LogP contribution in [0.4, 0.5) is 0 Å². The van der Waals surface area contributed by atoms with Gasteiger partial charge in [0.2, 0.25) is 0 Å². The Morgan fingerprint density at radius 1 is 1.48 bits per heavy atom. The lowest BCUT2D eigenvalue weighted by atomic mass is 10.1. The Morgan fingerprint density at radius 2 is 2.33 bits per heavy atom. The van der Waals surface area contributed by atoms with Gasteiger partial charge in [-0.2, -0.15) is 5.26 Å². The first-order valence-corrected chi connectivity index (χ1v) is 9.16. The van der Waals surface area contributed by atoms with Crippen molar-refractivity contribution in [3.63, 3.8) is 0 Å². The Bertz CT molecular complexity index is 872. The molecule has 1 aliphatic rings. The van der Waals surface area contributed by atoms with Crippen LogP contribution in [-0.4, -0.2) is 28.2 Å². The van der Waals surface area contributed by atoms with Gasteiger partial charge in [0, 0.05) is 30.7 Å². The number of aryl methyl sites for hydroxylation is 1. The molecule has 0 spiro atoms. The zero-order valence-electron chi connectivity index (χ0n) is 15.7. The Morgan fingerprint density at radius 3 is 3.00 bits per heavy atom. The topological polar surface area (TPSA) is 79.9 Å². The number of amides is 1. The molecule has 0 aliphatic carbocycles. The Kier molecular flexibility index (Phi) is 6.05. The molecule has 1 fully saturated rings. The number of hydrogen-bond donors (Lipinski definition) is 1. The van der Waals surface area contributed by atoms with Crippen LogP contribution >= 0.6 is 0 Å². The summed E-state index contributed by atoms with van der Waals surface area (Å²) >= 11 is 0.